The smallest absolute Gasteiger partial charge is 0.212 e. The molecule has 0 amide bonds. The van der Waals surface area contributed by atoms with Gasteiger partial charge in [0.25, 0.3) is 0 Å². The third-order valence-corrected chi connectivity index (χ3v) is 5.37. The predicted molar refractivity (Wildman–Crippen MR) is 81.7 cm³/mol. The Morgan fingerprint density at radius 2 is 2.14 bits per heavy atom. The van der Waals surface area contributed by atoms with Gasteiger partial charge >= 0.3 is 0 Å². The van der Waals surface area contributed by atoms with Crippen molar-refractivity contribution >= 4 is 10.0 Å². The van der Waals surface area contributed by atoms with E-state index >= 15 is 0 Å². The van der Waals surface area contributed by atoms with Gasteiger partial charge in [0.05, 0.1) is 25.1 Å². The van der Waals surface area contributed by atoms with E-state index in [1.807, 2.05) is 0 Å². The van der Waals surface area contributed by atoms with E-state index in [0.717, 1.165) is 26.1 Å². The summed E-state index contributed by atoms with van der Waals surface area (Å²) in [7, 11) is -3.23. The summed E-state index contributed by atoms with van der Waals surface area (Å²) in [6.07, 6.45) is 0.787. The summed E-state index contributed by atoms with van der Waals surface area (Å²) in [4.78, 5) is 2.35. The molecular weight excluding hydrogens is 292 g/mol. The monoisotopic (exact) mass is 320 g/mol. The third kappa shape index (κ3) is 6.20. The fraction of sp³-hybridized carbons (Fsp3) is 1.00. The Labute approximate surface area is 128 Å². The Morgan fingerprint density at radius 1 is 1.33 bits per heavy atom. The molecule has 1 N–H and O–H groups in total. The topological polar surface area (TPSA) is 67.9 Å². The van der Waals surface area contributed by atoms with Gasteiger partial charge < -0.3 is 9.47 Å². The number of nitrogens with one attached hydrogen (secondary N) is 1. The first-order valence-corrected chi connectivity index (χ1v) is 9.49. The van der Waals surface area contributed by atoms with Crippen LogP contribution in [0.1, 0.15) is 20.3 Å². The van der Waals surface area contributed by atoms with Gasteiger partial charge in [0.1, 0.15) is 0 Å². The second kappa shape index (κ2) is 7.87. The highest BCUT2D eigenvalue weighted by molar-refractivity contribution is 7.89. The van der Waals surface area contributed by atoms with Crippen molar-refractivity contribution in [2.24, 2.45) is 11.8 Å². The molecule has 2 aliphatic heterocycles. The highest BCUT2D eigenvalue weighted by Gasteiger charge is 2.26. The maximum atomic E-state index is 12.1. The summed E-state index contributed by atoms with van der Waals surface area (Å²) in [5.41, 5.74) is 0. The molecule has 2 fully saturated rings. The molecule has 2 rings (SSSR count). The number of hydrogen-bond donors (Lipinski definition) is 1. The maximum Gasteiger partial charge on any atom is 0.212 e. The van der Waals surface area contributed by atoms with Crippen LogP contribution in [0.3, 0.4) is 0 Å². The molecule has 124 valence electrons. The minimum Gasteiger partial charge on any atom is -0.381 e. The molecule has 2 aliphatic rings. The van der Waals surface area contributed by atoms with Crippen LogP contribution in [0.5, 0.6) is 0 Å². The zero-order valence-electron chi connectivity index (χ0n) is 13.1. The molecule has 0 saturated carbocycles. The molecule has 21 heavy (non-hydrogen) atoms. The second-order valence-electron chi connectivity index (χ2n) is 6.51. The van der Waals surface area contributed by atoms with E-state index in [0.29, 0.717) is 32.3 Å². The van der Waals surface area contributed by atoms with Crippen molar-refractivity contribution in [3.8, 4) is 0 Å². The zero-order chi connectivity index (χ0) is 15.3. The number of morpholine rings is 1. The number of hydrogen-bond acceptors (Lipinski definition) is 5. The van der Waals surface area contributed by atoms with Crippen LogP contribution in [0.15, 0.2) is 0 Å². The number of ether oxygens (including phenoxy) is 2. The minimum atomic E-state index is -3.23. The van der Waals surface area contributed by atoms with Crippen molar-refractivity contribution < 1.29 is 17.9 Å². The highest BCUT2D eigenvalue weighted by atomic mass is 32.2. The quantitative estimate of drug-likeness (QED) is 0.731. The SMILES string of the molecule is CC(C)CN1CCO[C@@H](CNS(=O)(=O)C[C@H]2CCOC2)C1. The Bertz CT molecular complexity index is 407. The van der Waals surface area contributed by atoms with Crippen LogP contribution in [0.25, 0.3) is 0 Å². The van der Waals surface area contributed by atoms with Crippen molar-refractivity contribution in [3.63, 3.8) is 0 Å². The highest BCUT2D eigenvalue weighted by Crippen LogP contribution is 2.14. The molecule has 0 aromatic heterocycles. The van der Waals surface area contributed by atoms with Crippen LogP contribution in [0, 0.1) is 11.8 Å². The Kier molecular flexibility index (Phi) is 6.43. The van der Waals surface area contributed by atoms with Crippen LogP contribution in [0.4, 0.5) is 0 Å². The van der Waals surface area contributed by atoms with Crippen LogP contribution >= 0.6 is 0 Å². The number of sulfonamides is 1. The molecule has 6 nitrogen and oxygen atoms in total. The Morgan fingerprint density at radius 3 is 2.81 bits per heavy atom. The first-order chi connectivity index (χ1) is 9.94. The molecule has 0 bridgehead atoms. The van der Waals surface area contributed by atoms with Gasteiger partial charge in [-0.15, -0.1) is 0 Å². The lowest BCUT2D eigenvalue weighted by atomic mass is 10.2. The molecule has 0 spiro atoms. The van der Waals surface area contributed by atoms with Crippen LogP contribution in [-0.2, 0) is 19.5 Å². The summed E-state index contributed by atoms with van der Waals surface area (Å²) < 4.78 is 37.7. The standard InChI is InChI=1S/C14H28N2O4S/c1-12(2)8-16-4-6-20-14(9-16)7-15-21(17,18)11-13-3-5-19-10-13/h12-15H,3-11H2,1-2H3/t13-,14-/m0/s1. The maximum absolute atomic E-state index is 12.1. The first-order valence-electron chi connectivity index (χ1n) is 7.83. The average Bonchev–Trinajstić information content (AvgIpc) is 2.88. The van der Waals surface area contributed by atoms with E-state index in [9.17, 15) is 8.42 Å². The van der Waals surface area contributed by atoms with Crippen LogP contribution in [-0.4, -0.2) is 71.2 Å². The summed E-state index contributed by atoms with van der Waals surface area (Å²) in [5, 5.41) is 0. The van der Waals surface area contributed by atoms with Crippen molar-refractivity contribution in [3.05, 3.63) is 0 Å². The van der Waals surface area contributed by atoms with E-state index in [4.69, 9.17) is 9.47 Å². The normalized spacial score (nSPS) is 28.3. The lowest BCUT2D eigenvalue weighted by Gasteiger charge is -2.34. The molecule has 0 aromatic carbocycles. The van der Waals surface area contributed by atoms with Crippen molar-refractivity contribution in [1.82, 2.24) is 9.62 Å². The van der Waals surface area contributed by atoms with Gasteiger partial charge in [0, 0.05) is 32.8 Å². The molecular formula is C14H28N2O4S. The van der Waals surface area contributed by atoms with Crippen molar-refractivity contribution in [2.75, 3.05) is 51.8 Å². The molecule has 0 aromatic rings. The molecule has 0 radical (unpaired) electrons. The lowest BCUT2D eigenvalue weighted by Crippen LogP contribution is -2.48. The fourth-order valence-electron chi connectivity index (χ4n) is 2.89. The van der Waals surface area contributed by atoms with E-state index in [-0.39, 0.29) is 17.8 Å². The number of nitrogens with zero attached hydrogens (tertiary/aromatic N) is 1. The van der Waals surface area contributed by atoms with Crippen molar-refractivity contribution in [1.29, 1.82) is 0 Å². The summed E-state index contributed by atoms with van der Waals surface area (Å²) in [5.74, 6) is 0.908. The van der Waals surface area contributed by atoms with Gasteiger partial charge in [-0.1, -0.05) is 13.8 Å². The molecule has 0 unspecified atom stereocenters. The van der Waals surface area contributed by atoms with Crippen LogP contribution < -0.4 is 4.72 Å². The molecule has 0 aliphatic carbocycles. The number of rotatable bonds is 7. The van der Waals surface area contributed by atoms with Crippen molar-refractivity contribution in [2.45, 2.75) is 26.4 Å². The molecule has 2 saturated heterocycles. The van der Waals surface area contributed by atoms with E-state index in [2.05, 4.69) is 23.5 Å². The van der Waals surface area contributed by atoms with Gasteiger partial charge in [-0.3, -0.25) is 4.90 Å². The van der Waals surface area contributed by atoms with E-state index in [1.165, 1.54) is 0 Å². The molecule has 2 atom stereocenters. The molecule has 7 heteroatoms. The van der Waals surface area contributed by atoms with Gasteiger partial charge in [-0.05, 0) is 18.3 Å². The minimum absolute atomic E-state index is 0.0490. The first kappa shape index (κ1) is 17.1. The van der Waals surface area contributed by atoms with Gasteiger partial charge in [0.2, 0.25) is 10.0 Å². The van der Waals surface area contributed by atoms with Crippen LogP contribution in [0.2, 0.25) is 0 Å². The Balaban J connectivity index is 1.73. The fourth-order valence-corrected chi connectivity index (χ4v) is 4.33. The zero-order valence-corrected chi connectivity index (χ0v) is 13.9. The summed E-state index contributed by atoms with van der Waals surface area (Å²) in [6, 6.07) is 0. The van der Waals surface area contributed by atoms with Gasteiger partial charge in [0.15, 0.2) is 0 Å². The summed E-state index contributed by atoms with van der Waals surface area (Å²) >= 11 is 0. The van der Waals surface area contributed by atoms with Gasteiger partial charge in [-0.25, -0.2) is 13.1 Å². The third-order valence-electron chi connectivity index (χ3n) is 3.86. The lowest BCUT2D eigenvalue weighted by molar-refractivity contribution is -0.0280. The summed E-state index contributed by atoms with van der Waals surface area (Å²) in [6.45, 7) is 9.42. The second-order valence-corrected chi connectivity index (χ2v) is 8.36. The van der Waals surface area contributed by atoms with Gasteiger partial charge in [-0.2, -0.15) is 0 Å². The average molecular weight is 320 g/mol. The van der Waals surface area contributed by atoms with E-state index < -0.39 is 10.0 Å². The predicted octanol–water partition coefficient (Wildman–Crippen LogP) is 0.299. The molecule has 2 heterocycles. The van der Waals surface area contributed by atoms with E-state index in [1.54, 1.807) is 0 Å². The Hall–Kier alpha value is -0.210. The largest absolute Gasteiger partial charge is 0.381 e.